The quantitative estimate of drug-likeness (QED) is 0.817. The van der Waals surface area contributed by atoms with E-state index < -0.39 is 0 Å². The van der Waals surface area contributed by atoms with E-state index in [9.17, 15) is 0 Å². The first-order chi connectivity index (χ1) is 8.68. The lowest BCUT2D eigenvalue weighted by atomic mass is 9.81. The third kappa shape index (κ3) is 3.06. The lowest BCUT2D eigenvalue weighted by Gasteiger charge is -2.51. The SMILES string of the molecule is CC1CN(C)CCN1C1(CN)CCCCCCC1. The second-order valence-corrected chi connectivity index (χ2v) is 6.50. The van der Waals surface area contributed by atoms with Gasteiger partial charge in [-0.1, -0.05) is 32.1 Å². The van der Waals surface area contributed by atoms with E-state index in [1.54, 1.807) is 0 Å². The zero-order chi connectivity index (χ0) is 13.0. The van der Waals surface area contributed by atoms with Crippen LogP contribution in [0.3, 0.4) is 0 Å². The Morgan fingerprint density at radius 2 is 1.67 bits per heavy atom. The van der Waals surface area contributed by atoms with Crippen LogP contribution in [0.15, 0.2) is 0 Å². The molecule has 0 radical (unpaired) electrons. The van der Waals surface area contributed by atoms with Crippen molar-refractivity contribution in [3.8, 4) is 0 Å². The monoisotopic (exact) mass is 253 g/mol. The van der Waals surface area contributed by atoms with E-state index in [4.69, 9.17) is 5.73 Å². The molecule has 3 nitrogen and oxygen atoms in total. The zero-order valence-corrected chi connectivity index (χ0v) is 12.3. The molecule has 1 aliphatic heterocycles. The summed E-state index contributed by atoms with van der Waals surface area (Å²) in [5.41, 5.74) is 6.54. The van der Waals surface area contributed by atoms with Crippen molar-refractivity contribution in [2.24, 2.45) is 5.73 Å². The molecule has 1 saturated carbocycles. The molecule has 2 aliphatic rings. The third-order valence-electron chi connectivity index (χ3n) is 5.10. The van der Waals surface area contributed by atoms with E-state index in [0.717, 1.165) is 6.54 Å². The summed E-state index contributed by atoms with van der Waals surface area (Å²) in [5.74, 6) is 0. The van der Waals surface area contributed by atoms with Crippen molar-refractivity contribution in [3.63, 3.8) is 0 Å². The number of likely N-dealkylation sites (N-methyl/N-ethyl adjacent to an activating group) is 1. The largest absolute Gasteiger partial charge is 0.329 e. The van der Waals surface area contributed by atoms with E-state index >= 15 is 0 Å². The molecule has 1 unspecified atom stereocenters. The molecular weight excluding hydrogens is 222 g/mol. The topological polar surface area (TPSA) is 32.5 Å². The molecule has 0 amide bonds. The molecule has 0 spiro atoms. The van der Waals surface area contributed by atoms with Gasteiger partial charge in [-0.15, -0.1) is 0 Å². The Hall–Kier alpha value is -0.120. The predicted molar refractivity (Wildman–Crippen MR) is 77.8 cm³/mol. The molecule has 1 atom stereocenters. The summed E-state index contributed by atoms with van der Waals surface area (Å²) in [6, 6.07) is 0.659. The van der Waals surface area contributed by atoms with Crippen LogP contribution < -0.4 is 5.73 Å². The normalized spacial score (nSPS) is 31.8. The van der Waals surface area contributed by atoms with Gasteiger partial charge in [0, 0.05) is 37.8 Å². The van der Waals surface area contributed by atoms with Crippen molar-refractivity contribution in [2.45, 2.75) is 63.5 Å². The van der Waals surface area contributed by atoms with Crippen LogP contribution in [0.1, 0.15) is 51.9 Å². The number of hydrogen-bond acceptors (Lipinski definition) is 3. The summed E-state index contributed by atoms with van der Waals surface area (Å²) < 4.78 is 0. The third-order valence-corrected chi connectivity index (χ3v) is 5.10. The van der Waals surface area contributed by atoms with Gasteiger partial charge in [-0.05, 0) is 26.8 Å². The van der Waals surface area contributed by atoms with Gasteiger partial charge in [0.2, 0.25) is 0 Å². The highest BCUT2D eigenvalue weighted by Gasteiger charge is 2.39. The van der Waals surface area contributed by atoms with E-state index in [1.165, 1.54) is 64.6 Å². The Morgan fingerprint density at radius 3 is 2.22 bits per heavy atom. The van der Waals surface area contributed by atoms with Crippen LogP contribution in [0, 0.1) is 0 Å². The van der Waals surface area contributed by atoms with Crippen molar-refractivity contribution in [1.29, 1.82) is 0 Å². The van der Waals surface area contributed by atoms with Crippen molar-refractivity contribution < 1.29 is 0 Å². The fourth-order valence-electron chi connectivity index (χ4n) is 4.02. The zero-order valence-electron chi connectivity index (χ0n) is 12.3. The molecular formula is C15H31N3. The fraction of sp³-hybridized carbons (Fsp3) is 1.00. The molecule has 2 fully saturated rings. The van der Waals surface area contributed by atoms with Crippen molar-refractivity contribution >= 4 is 0 Å². The minimum Gasteiger partial charge on any atom is -0.329 e. The number of piperazine rings is 1. The van der Waals surface area contributed by atoms with Crippen LogP contribution in [0.25, 0.3) is 0 Å². The number of nitrogens with two attached hydrogens (primary N) is 1. The van der Waals surface area contributed by atoms with Crippen molar-refractivity contribution in [1.82, 2.24) is 9.80 Å². The molecule has 3 heteroatoms. The summed E-state index contributed by atoms with van der Waals surface area (Å²) >= 11 is 0. The first-order valence-electron chi connectivity index (χ1n) is 7.83. The van der Waals surface area contributed by atoms with Crippen LogP contribution in [0.4, 0.5) is 0 Å². The van der Waals surface area contributed by atoms with Crippen LogP contribution in [0.5, 0.6) is 0 Å². The minimum absolute atomic E-state index is 0.307. The molecule has 106 valence electrons. The smallest absolute Gasteiger partial charge is 0.0335 e. The van der Waals surface area contributed by atoms with Gasteiger partial charge in [-0.2, -0.15) is 0 Å². The maximum absolute atomic E-state index is 6.23. The van der Waals surface area contributed by atoms with Crippen LogP contribution in [-0.2, 0) is 0 Å². The van der Waals surface area contributed by atoms with E-state index in [2.05, 4.69) is 23.8 Å². The van der Waals surface area contributed by atoms with Crippen LogP contribution >= 0.6 is 0 Å². The van der Waals surface area contributed by atoms with E-state index in [0.29, 0.717) is 11.6 Å². The highest BCUT2D eigenvalue weighted by molar-refractivity contribution is 4.97. The first-order valence-corrected chi connectivity index (χ1v) is 7.83. The molecule has 0 bridgehead atoms. The standard InChI is InChI=1S/C15H31N3/c1-14-12-17(2)10-11-18(14)15(13-16)8-6-4-3-5-7-9-15/h14H,3-13,16H2,1-2H3. The van der Waals surface area contributed by atoms with Gasteiger partial charge >= 0.3 is 0 Å². The summed E-state index contributed by atoms with van der Waals surface area (Å²) in [5, 5.41) is 0. The maximum Gasteiger partial charge on any atom is 0.0335 e. The summed E-state index contributed by atoms with van der Waals surface area (Å²) in [4.78, 5) is 5.20. The molecule has 0 aromatic heterocycles. The Morgan fingerprint density at radius 1 is 1.06 bits per heavy atom. The van der Waals surface area contributed by atoms with E-state index in [-0.39, 0.29) is 0 Å². The van der Waals surface area contributed by atoms with Gasteiger partial charge in [0.15, 0.2) is 0 Å². The Kier molecular flexibility index (Phi) is 5.05. The molecule has 0 aromatic rings. The van der Waals surface area contributed by atoms with Crippen LogP contribution in [-0.4, -0.2) is 54.6 Å². The molecule has 18 heavy (non-hydrogen) atoms. The number of nitrogens with zero attached hydrogens (tertiary/aromatic N) is 2. The van der Waals surface area contributed by atoms with Gasteiger partial charge in [-0.25, -0.2) is 0 Å². The van der Waals surface area contributed by atoms with Gasteiger partial charge in [0.05, 0.1) is 0 Å². The molecule has 1 aliphatic carbocycles. The number of rotatable bonds is 2. The minimum atomic E-state index is 0.307. The summed E-state index contributed by atoms with van der Waals surface area (Å²) in [6.07, 6.45) is 9.62. The van der Waals surface area contributed by atoms with Gasteiger partial charge in [-0.3, -0.25) is 4.90 Å². The van der Waals surface area contributed by atoms with Gasteiger partial charge in [0.1, 0.15) is 0 Å². The average Bonchev–Trinajstić information content (AvgIpc) is 2.31. The molecule has 2 N–H and O–H groups in total. The lowest BCUT2D eigenvalue weighted by Crippen LogP contribution is -2.63. The highest BCUT2D eigenvalue weighted by atomic mass is 15.3. The Bertz CT molecular complexity index is 246. The predicted octanol–water partition coefficient (Wildman–Crippen LogP) is 2.06. The second-order valence-electron chi connectivity index (χ2n) is 6.50. The molecule has 1 heterocycles. The summed E-state index contributed by atoms with van der Waals surface area (Å²) in [7, 11) is 2.24. The molecule has 2 rings (SSSR count). The average molecular weight is 253 g/mol. The first kappa shape index (κ1) is 14.3. The molecule has 1 saturated heterocycles. The Labute approximate surface area is 113 Å². The summed E-state index contributed by atoms with van der Waals surface area (Å²) in [6.45, 7) is 6.83. The van der Waals surface area contributed by atoms with Crippen molar-refractivity contribution in [2.75, 3.05) is 33.2 Å². The van der Waals surface area contributed by atoms with Gasteiger partial charge < -0.3 is 10.6 Å². The number of hydrogen-bond donors (Lipinski definition) is 1. The van der Waals surface area contributed by atoms with Crippen LogP contribution in [0.2, 0.25) is 0 Å². The maximum atomic E-state index is 6.23. The van der Waals surface area contributed by atoms with Crippen molar-refractivity contribution in [3.05, 3.63) is 0 Å². The Balaban J connectivity index is 2.08. The lowest BCUT2D eigenvalue weighted by molar-refractivity contribution is -0.0114. The van der Waals surface area contributed by atoms with E-state index in [1.807, 2.05) is 0 Å². The highest BCUT2D eigenvalue weighted by Crippen LogP contribution is 2.33. The van der Waals surface area contributed by atoms with Gasteiger partial charge in [0.25, 0.3) is 0 Å². The fourth-order valence-corrected chi connectivity index (χ4v) is 4.02. The second kappa shape index (κ2) is 6.36. The molecule has 0 aromatic carbocycles.